The van der Waals surface area contributed by atoms with E-state index >= 15 is 0 Å². The van der Waals surface area contributed by atoms with E-state index in [0.29, 0.717) is 40.1 Å². The molecule has 0 saturated carbocycles. The lowest BCUT2D eigenvalue weighted by Crippen LogP contribution is -2.45. The Labute approximate surface area is 237 Å². The average Bonchev–Trinajstić information content (AvgIpc) is 2.85. The molecule has 0 spiro atoms. The van der Waals surface area contributed by atoms with Crippen LogP contribution in [0.1, 0.15) is 37.9 Å². The van der Waals surface area contributed by atoms with Gasteiger partial charge >= 0.3 is 5.97 Å². The van der Waals surface area contributed by atoms with Crippen molar-refractivity contribution in [2.24, 2.45) is 5.10 Å². The van der Waals surface area contributed by atoms with Gasteiger partial charge in [0, 0.05) is 11.3 Å². The maximum absolute atomic E-state index is 12.7. The Morgan fingerprint density at radius 3 is 2.51 bits per heavy atom. The molecule has 3 N–H and O–H groups in total. The van der Waals surface area contributed by atoms with E-state index in [0.717, 1.165) is 14.5 Å². The molecular formula is C25H26Br2N4O5S. The van der Waals surface area contributed by atoms with Crippen molar-refractivity contribution in [2.75, 3.05) is 19.8 Å². The Morgan fingerprint density at radius 2 is 1.84 bits per heavy atom. The van der Waals surface area contributed by atoms with Crippen LogP contribution in [-0.4, -0.2) is 43.0 Å². The average molecular weight is 654 g/mol. The Hall–Kier alpha value is -2.96. The SMILES string of the molecule is CCOC(=O)C1=C(C)NC(=S)N[C@@H]1c1ccccc1OCC(=O)NN=Cc1cc(Br)c(OCC)c(Br)c1. The molecule has 0 saturated heterocycles. The summed E-state index contributed by atoms with van der Waals surface area (Å²) in [5.41, 5.74) is 4.80. The maximum atomic E-state index is 12.7. The molecule has 37 heavy (non-hydrogen) atoms. The summed E-state index contributed by atoms with van der Waals surface area (Å²) in [6.45, 7) is 5.86. The van der Waals surface area contributed by atoms with E-state index in [1.807, 2.05) is 25.1 Å². The molecule has 3 rings (SSSR count). The highest BCUT2D eigenvalue weighted by Gasteiger charge is 2.32. The maximum Gasteiger partial charge on any atom is 0.338 e. The van der Waals surface area contributed by atoms with Gasteiger partial charge < -0.3 is 24.8 Å². The molecule has 12 heteroatoms. The summed E-state index contributed by atoms with van der Waals surface area (Å²) in [5.74, 6) is 0.178. The van der Waals surface area contributed by atoms with Crippen molar-refractivity contribution in [2.45, 2.75) is 26.8 Å². The number of amides is 1. The third-order valence-corrected chi connectivity index (χ3v) is 6.46. The van der Waals surface area contributed by atoms with Gasteiger partial charge in [-0.25, -0.2) is 10.2 Å². The number of carbonyl (C=O) groups is 2. The summed E-state index contributed by atoms with van der Waals surface area (Å²) in [6.07, 6.45) is 1.51. The van der Waals surface area contributed by atoms with Gasteiger partial charge in [0.25, 0.3) is 5.91 Å². The molecule has 9 nitrogen and oxygen atoms in total. The third kappa shape index (κ3) is 7.53. The number of esters is 1. The number of nitrogens with zero attached hydrogens (tertiary/aromatic N) is 1. The Morgan fingerprint density at radius 1 is 1.14 bits per heavy atom. The van der Waals surface area contributed by atoms with Crippen LogP contribution in [0.2, 0.25) is 0 Å². The lowest BCUT2D eigenvalue weighted by atomic mass is 9.95. The summed E-state index contributed by atoms with van der Waals surface area (Å²) < 4.78 is 18.1. The standard InChI is InChI=1S/C25H26Br2N4O5S/c1-4-34-23-17(26)10-15(11-18(23)27)12-28-31-20(32)13-36-19-9-7-6-8-16(19)22-21(24(33)35-5-2)14(3)29-25(37)30-22/h6-12,22H,4-5,13H2,1-3H3,(H,31,32)(H2,29,30,37)/t22-/m1/s1. The van der Waals surface area contributed by atoms with Gasteiger partial charge in [-0.2, -0.15) is 5.10 Å². The quantitative estimate of drug-likeness (QED) is 0.149. The molecule has 0 unspecified atom stereocenters. The summed E-state index contributed by atoms with van der Waals surface area (Å²) in [6, 6.07) is 10.1. The molecule has 1 amide bonds. The van der Waals surface area contributed by atoms with E-state index in [2.05, 4.69) is 53.0 Å². The number of rotatable bonds is 10. The first-order chi connectivity index (χ1) is 17.7. The van der Waals surface area contributed by atoms with E-state index in [9.17, 15) is 9.59 Å². The molecule has 196 valence electrons. The summed E-state index contributed by atoms with van der Waals surface area (Å²) in [5, 5.41) is 10.4. The second kappa shape index (κ2) is 13.5. The van der Waals surface area contributed by atoms with Crippen molar-refractivity contribution >= 4 is 67.3 Å². The van der Waals surface area contributed by atoms with Crippen molar-refractivity contribution in [3.63, 3.8) is 0 Å². The fourth-order valence-corrected chi connectivity index (χ4v) is 5.27. The Bertz CT molecular complexity index is 1230. The normalized spacial score (nSPS) is 15.2. The fourth-order valence-electron chi connectivity index (χ4n) is 3.55. The number of para-hydroxylation sites is 1. The van der Waals surface area contributed by atoms with Crippen LogP contribution in [0.25, 0.3) is 0 Å². The van der Waals surface area contributed by atoms with E-state index < -0.39 is 17.9 Å². The summed E-state index contributed by atoms with van der Waals surface area (Å²) in [7, 11) is 0. The predicted octanol–water partition coefficient (Wildman–Crippen LogP) is 4.50. The van der Waals surface area contributed by atoms with Crippen LogP contribution in [0.5, 0.6) is 11.5 Å². The zero-order chi connectivity index (χ0) is 26.9. The van der Waals surface area contributed by atoms with Crippen molar-refractivity contribution in [1.29, 1.82) is 0 Å². The molecule has 0 radical (unpaired) electrons. The monoisotopic (exact) mass is 652 g/mol. The minimum absolute atomic E-state index is 0.232. The van der Waals surface area contributed by atoms with Crippen LogP contribution >= 0.6 is 44.1 Å². The molecule has 0 bridgehead atoms. The molecule has 2 aromatic carbocycles. The third-order valence-electron chi connectivity index (χ3n) is 5.07. The molecule has 1 heterocycles. The minimum atomic E-state index is -0.610. The molecule has 0 aromatic heterocycles. The van der Waals surface area contributed by atoms with Gasteiger partial charge in [-0.05, 0) is 88.6 Å². The number of ether oxygens (including phenoxy) is 3. The lowest BCUT2D eigenvalue weighted by molar-refractivity contribution is -0.139. The smallest absolute Gasteiger partial charge is 0.338 e. The van der Waals surface area contributed by atoms with Gasteiger partial charge in [0.15, 0.2) is 11.7 Å². The zero-order valence-electron chi connectivity index (χ0n) is 20.4. The van der Waals surface area contributed by atoms with Crippen LogP contribution in [0, 0.1) is 0 Å². The fraction of sp³-hybridized carbons (Fsp3) is 0.280. The van der Waals surface area contributed by atoms with E-state index in [1.54, 1.807) is 32.0 Å². The van der Waals surface area contributed by atoms with E-state index in [4.69, 9.17) is 26.4 Å². The second-order valence-electron chi connectivity index (χ2n) is 7.66. The number of halogens is 2. The van der Waals surface area contributed by atoms with Crippen molar-refractivity contribution in [1.82, 2.24) is 16.1 Å². The molecule has 0 fully saturated rings. The van der Waals surface area contributed by atoms with Gasteiger partial charge in [-0.15, -0.1) is 0 Å². The molecule has 2 aromatic rings. The summed E-state index contributed by atoms with van der Waals surface area (Å²) >= 11 is 12.2. The van der Waals surface area contributed by atoms with Crippen molar-refractivity contribution in [3.05, 3.63) is 67.7 Å². The first-order valence-corrected chi connectivity index (χ1v) is 13.3. The van der Waals surface area contributed by atoms with Gasteiger partial charge in [0.2, 0.25) is 0 Å². The highest BCUT2D eigenvalue weighted by Crippen LogP contribution is 2.35. The van der Waals surface area contributed by atoms with E-state index in [-0.39, 0.29) is 13.2 Å². The number of hydrazone groups is 1. The highest BCUT2D eigenvalue weighted by molar-refractivity contribution is 9.11. The van der Waals surface area contributed by atoms with Crippen LogP contribution < -0.4 is 25.5 Å². The minimum Gasteiger partial charge on any atom is -0.492 e. The van der Waals surface area contributed by atoms with Crippen LogP contribution in [0.4, 0.5) is 0 Å². The number of hydrogen-bond donors (Lipinski definition) is 3. The van der Waals surface area contributed by atoms with Gasteiger partial charge in [0.05, 0.1) is 40.0 Å². The van der Waals surface area contributed by atoms with Gasteiger partial charge in [-0.3, -0.25) is 4.79 Å². The number of hydrogen-bond acceptors (Lipinski definition) is 7. The molecule has 1 atom stereocenters. The number of nitrogens with one attached hydrogen (secondary N) is 3. The largest absolute Gasteiger partial charge is 0.492 e. The van der Waals surface area contributed by atoms with Gasteiger partial charge in [-0.1, -0.05) is 18.2 Å². The number of carbonyl (C=O) groups excluding carboxylic acids is 2. The lowest BCUT2D eigenvalue weighted by Gasteiger charge is -2.30. The van der Waals surface area contributed by atoms with Crippen LogP contribution in [0.3, 0.4) is 0 Å². The number of allylic oxidation sites excluding steroid dienone is 1. The van der Waals surface area contributed by atoms with Crippen LogP contribution in [-0.2, 0) is 14.3 Å². The highest BCUT2D eigenvalue weighted by atomic mass is 79.9. The van der Waals surface area contributed by atoms with Crippen molar-refractivity contribution < 1.29 is 23.8 Å². The summed E-state index contributed by atoms with van der Waals surface area (Å²) in [4.78, 5) is 25.1. The van der Waals surface area contributed by atoms with Crippen molar-refractivity contribution in [3.8, 4) is 11.5 Å². The van der Waals surface area contributed by atoms with Gasteiger partial charge in [0.1, 0.15) is 11.5 Å². The molecule has 0 aliphatic carbocycles. The molecule has 1 aliphatic rings. The van der Waals surface area contributed by atoms with Crippen LogP contribution in [0.15, 0.2) is 61.7 Å². The predicted molar refractivity (Wildman–Crippen MR) is 152 cm³/mol. The zero-order valence-corrected chi connectivity index (χ0v) is 24.4. The Balaban J connectivity index is 1.69. The first kappa shape index (κ1) is 28.6. The number of benzene rings is 2. The number of thiocarbonyl (C=S) groups is 1. The Kier molecular flexibility index (Phi) is 10.5. The first-order valence-electron chi connectivity index (χ1n) is 11.4. The van der Waals surface area contributed by atoms with E-state index in [1.165, 1.54) is 6.21 Å². The molecule has 1 aliphatic heterocycles. The second-order valence-corrected chi connectivity index (χ2v) is 9.77. The molecular weight excluding hydrogens is 628 g/mol. The topological polar surface area (TPSA) is 110 Å².